The number of nitrogens with two attached hydrogens (primary N) is 1. The van der Waals surface area contributed by atoms with E-state index >= 15 is 0 Å². The van der Waals surface area contributed by atoms with Gasteiger partial charge >= 0.3 is 0 Å². The number of nitrogens with zero attached hydrogens (tertiary/aromatic N) is 2. The summed E-state index contributed by atoms with van der Waals surface area (Å²) < 4.78 is 5.63. The van der Waals surface area contributed by atoms with Crippen LogP contribution < -0.4 is 10.5 Å². The highest BCUT2D eigenvalue weighted by atomic mass is 16.5. The van der Waals surface area contributed by atoms with Crippen molar-refractivity contribution in [3.63, 3.8) is 0 Å². The Labute approximate surface area is 94.1 Å². The first kappa shape index (κ1) is 10.6. The summed E-state index contributed by atoms with van der Waals surface area (Å²) in [6, 6.07) is 7.76. The molecule has 16 heavy (non-hydrogen) atoms. The quantitative estimate of drug-likeness (QED) is 0.851. The first-order chi connectivity index (χ1) is 7.79. The maximum absolute atomic E-state index is 5.63. The number of aromatic nitrogens is 2. The van der Waals surface area contributed by atoms with Crippen LogP contribution in [0.2, 0.25) is 0 Å². The average molecular weight is 215 g/mol. The third-order valence-electron chi connectivity index (χ3n) is 2.13. The minimum atomic E-state index is 0.314. The van der Waals surface area contributed by atoms with Crippen LogP contribution in [0, 0.1) is 6.92 Å². The zero-order valence-electron chi connectivity index (χ0n) is 9.05. The maximum Gasteiger partial charge on any atom is 0.242 e. The van der Waals surface area contributed by atoms with Crippen LogP contribution in [-0.2, 0) is 6.54 Å². The standard InChI is InChI=1S/C12H13N3O/c1-9-3-2-4-10(7-9)16-12-11(8-13)14-5-6-15-12/h2-7H,8,13H2,1H3. The van der Waals surface area contributed by atoms with Crippen LogP contribution >= 0.6 is 0 Å². The van der Waals surface area contributed by atoms with Crippen molar-refractivity contribution in [1.82, 2.24) is 9.97 Å². The highest BCUT2D eigenvalue weighted by molar-refractivity contribution is 5.32. The van der Waals surface area contributed by atoms with E-state index in [4.69, 9.17) is 10.5 Å². The fraction of sp³-hybridized carbons (Fsp3) is 0.167. The van der Waals surface area contributed by atoms with Gasteiger partial charge in [-0.25, -0.2) is 4.98 Å². The Hall–Kier alpha value is -1.94. The van der Waals surface area contributed by atoms with Gasteiger partial charge in [-0.3, -0.25) is 4.98 Å². The van der Waals surface area contributed by atoms with Crippen LogP contribution in [0.1, 0.15) is 11.3 Å². The lowest BCUT2D eigenvalue weighted by Gasteiger charge is -2.07. The Balaban J connectivity index is 2.26. The number of benzene rings is 1. The van der Waals surface area contributed by atoms with Gasteiger partial charge in [-0.2, -0.15) is 0 Å². The minimum absolute atomic E-state index is 0.314. The molecule has 0 saturated heterocycles. The predicted octanol–water partition coefficient (Wildman–Crippen LogP) is 2.04. The molecular formula is C12H13N3O. The number of ether oxygens (including phenoxy) is 1. The topological polar surface area (TPSA) is 61.0 Å². The summed E-state index contributed by atoms with van der Waals surface area (Å²) in [5.41, 5.74) is 7.34. The van der Waals surface area contributed by atoms with Gasteiger partial charge in [0.15, 0.2) is 0 Å². The number of hydrogen-bond donors (Lipinski definition) is 1. The molecular weight excluding hydrogens is 202 g/mol. The lowest BCUT2D eigenvalue weighted by molar-refractivity contribution is 0.452. The molecule has 0 aliphatic rings. The van der Waals surface area contributed by atoms with Crippen molar-refractivity contribution in [2.24, 2.45) is 5.73 Å². The Morgan fingerprint density at radius 2 is 2.06 bits per heavy atom. The molecule has 1 aromatic carbocycles. The fourth-order valence-electron chi connectivity index (χ4n) is 1.37. The summed E-state index contributed by atoms with van der Waals surface area (Å²) in [7, 11) is 0. The van der Waals surface area contributed by atoms with Crippen molar-refractivity contribution >= 4 is 0 Å². The normalized spacial score (nSPS) is 10.1. The van der Waals surface area contributed by atoms with Gasteiger partial charge in [0.1, 0.15) is 11.4 Å². The van der Waals surface area contributed by atoms with E-state index in [9.17, 15) is 0 Å². The largest absolute Gasteiger partial charge is 0.437 e. The van der Waals surface area contributed by atoms with Gasteiger partial charge in [0.25, 0.3) is 0 Å². The van der Waals surface area contributed by atoms with E-state index in [1.54, 1.807) is 12.4 Å². The summed E-state index contributed by atoms with van der Waals surface area (Å²) in [6.45, 7) is 2.32. The molecule has 1 heterocycles. The zero-order chi connectivity index (χ0) is 11.4. The molecule has 0 amide bonds. The van der Waals surface area contributed by atoms with Gasteiger partial charge in [-0.15, -0.1) is 0 Å². The molecule has 0 radical (unpaired) electrons. The molecule has 0 fully saturated rings. The van der Waals surface area contributed by atoms with E-state index in [-0.39, 0.29) is 0 Å². The summed E-state index contributed by atoms with van der Waals surface area (Å²) in [6.07, 6.45) is 3.19. The van der Waals surface area contributed by atoms with Crippen molar-refractivity contribution < 1.29 is 4.74 Å². The zero-order valence-corrected chi connectivity index (χ0v) is 9.05. The molecule has 82 valence electrons. The minimum Gasteiger partial charge on any atom is -0.437 e. The van der Waals surface area contributed by atoms with E-state index in [0.29, 0.717) is 18.1 Å². The van der Waals surface area contributed by atoms with Gasteiger partial charge in [-0.05, 0) is 24.6 Å². The van der Waals surface area contributed by atoms with E-state index in [0.717, 1.165) is 11.3 Å². The molecule has 0 bridgehead atoms. The van der Waals surface area contributed by atoms with Crippen molar-refractivity contribution in [2.75, 3.05) is 0 Å². The third-order valence-corrected chi connectivity index (χ3v) is 2.13. The monoisotopic (exact) mass is 215 g/mol. The van der Waals surface area contributed by atoms with Crippen LogP contribution in [0.5, 0.6) is 11.6 Å². The summed E-state index contributed by atoms with van der Waals surface area (Å²) in [5.74, 6) is 1.21. The van der Waals surface area contributed by atoms with E-state index in [2.05, 4.69) is 9.97 Å². The lowest BCUT2D eigenvalue weighted by atomic mass is 10.2. The van der Waals surface area contributed by atoms with E-state index in [1.807, 2.05) is 31.2 Å². The second kappa shape index (κ2) is 4.72. The summed E-state index contributed by atoms with van der Waals surface area (Å²) >= 11 is 0. The molecule has 0 aliphatic carbocycles. The summed E-state index contributed by atoms with van der Waals surface area (Å²) in [4.78, 5) is 8.21. The molecule has 4 heteroatoms. The number of rotatable bonds is 3. The number of hydrogen-bond acceptors (Lipinski definition) is 4. The smallest absolute Gasteiger partial charge is 0.242 e. The summed E-state index contributed by atoms with van der Waals surface area (Å²) in [5, 5.41) is 0. The first-order valence-corrected chi connectivity index (χ1v) is 5.04. The molecule has 2 rings (SSSR count). The predicted molar refractivity (Wildman–Crippen MR) is 61.2 cm³/mol. The lowest BCUT2D eigenvalue weighted by Crippen LogP contribution is -2.03. The molecule has 0 saturated carbocycles. The van der Waals surface area contributed by atoms with Crippen molar-refractivity contribution in [3.05, 3.63) is 47.9 Å². The van der Waals surface area contributed by atoms with Gasteiger partial charge < -0.3 is 10.5 Å². The molecule has 1 aromatic heterocycles. The average Bonchev–Trinajstić information content (AvgIpc) is 2.30. The molecule has 0 aliphatic heterocycles. The van der Waals surface area contributed by atoms with Crippen LogP contribution in [-0.4, -0.2) is 9.97 Å². The fourth-order valence-corrected chi connectivity index (χ4v) is 1.37. The Morgan fingerprint density at radius 1 is 1.25 bits per heavy atom. The Kier molecular flexibility index (Phi) is 3.12. The van der Waals surface area contributed by atoms with Crippen LogP contribution in [0.25, 0.3) is 0 Å². The highest BCUT2D eigenvalue weighted by Gasteiger charge is 2.05. The van der Waals surface area contributed by atoms with Gasteiger partial charge in [0.05, 0.1) is 0 Å². The van der Waals surface area contributed by atoms with Crippen molar-refractivity contribution in [1.29, 1.82) is 0 Å². The third kappa shape index (κ3) is 2.35. The van der Waals surface area contributed by atoms with Crippen LogP contribution in [0.4, 0.5) is 0 Å². The molecule has 0 unspecified atom stereocenters. The molecule has 2 N–H and O–H groups in total. The van der Waals surface area contributed by atoms with E-state index in [1.165, 1.54) is 0 Å². The number of aryl methyl sites for hydroxylation is 1. The second-order valence-electron chi connectivity index (χ2n) is 3.43. The van der Waals surface area contributed by atoms with Crippen molar-refractivity contribution in [2.45, 2.75) is 13.5 Å². The molecule has 0 atom stereocenters. The van der Waals surface area contributed by atoms with Crippen molar-refractivity contribution in [3.8, 4) is 11.6 Å². The van der Waals surface area contributed by atoms with Crippen LogP contribution in [0.15, 0.2) is 36.7 Å². The molecule has 0 spiro atoms. The van der Waals surface area contributed by atoms with Gasteiger partial charge in [-0.1, -0.05) is 12.1 Å². The SMILES string of the molecule is Cc1cccc(Oc2nccnc2CN)c1. The van der Waals surface area contributed by atoms with Gasteiger partial charge in [0, 0.05) is 18.9 Å². The Bertz CT molecular complexity index is 485. The maximum atomic E-state index is 5.63. The van der Waals surface area contributed by atoms with Crippen LogP contribution in [0.3, 0.4) is 0 Å². The molecule has 4 nitrogen and oxygen atoms in total. The first-order valence-electron chi connectivity index (χ1n) is 5.04. The molecule has 2 aromatic rings. The van der Waals surface area contributed by atoms with E-state index < -0.39 is 0 Å². The second-order valence-corrected chi connectivity index (χ2v) is 3.43. The van der Waals surface area contributed by atoms with Gasteiger partial charge in [0.2, 0.25) is 5.88 Å². The highest BCUT2D eigenvalue weighted by Crippen LogP contribution is 2.21. The Morgan fingerprint density at radius 3 is 2.81 bits per heavy atom.